The molecule has 12 aromatic rings. The van der Waals surface area contributed by atoms with Gasteiger partial charge in [-0.3, -0.25) is 0 Å². The molecule has 0 atom stereocenters. The maximum absolute atomic E-state index is 6.51. The van der Waals surface area contributed by atoms with Crippen LogP contribution < -0.4 is 0 Å². The van der Waals surface area contributed by atoms with Gasteiger partial charge >= 0.3 is 0 Å². The maximum Gasteiger partial charge on any atom is 0.136 e. The van der Waals surface area contributed by atoms with Gasteiger partial charge in [-0.1, -0.05) is 121 Å². The molecule has 0 unspecified atom stereocenters. The molecule has 0 aliphatic heterocycles. The number of hydrogen-bond acceptors (Lipinski definition) is 1. The Morgan fingerprint density at radius 1 is 0.321 bits per heavy atom. The number of rotatable bonds is 2. The second kappa shape index (κ2) is 9.81. The van der Waals surface area contributed by atoms with Crippen LogP contribution in [0.25, 0.3) is 121 Å². The lowest BCUT2D eigenvalue weighted by atomic mass is 10.0. The van der Waals surface area contributed by atoms with Gasteiger partial charge in [0, 0.05) is 43.7 Å². The fourth-order valence-electron chi connectivity index (χ4n) is 9.62. The molecule has 13 rings (SSSR count). The van der Waals surface area contributed by atoms with Crippen molar-refractivity contribution in [2.75, 3.05) is 0 Å². The fraction of sp³-hybridized carbons (Fsp3) is 0. The summed E-state index contributed by atoms with van der Waals surface area (Å²) in [4.78, 5) is 0. The van der Waals surface area contributed by atoms with Gasteiger partial charge in [-0.25, -0.2) is 0 Å². The third kappa shape index (κ3) is 3.49. The number of para-hydroxylation sites is 2. The van der Waals surface area contributed by atoms with Gasteiger partial charge in [-0.2, -0.15) is 0 Å². The van der Waals surface area contributed by atoms with E-state index in [9.17, 15) is 0 Å². The molecule has 3 aromatic heterocycles. The lowest BCUT2D eigenvalue weighted by Crippen LogP contribution is -1.99. The fourth-order valence-corrected chi connectivity index (χ4v) is 9.62. The Hall–Kier alpha value is -7.10. The molecule has 0 N–H and O–H groups in total. The summed E-state index contributed by atoms with van der Waals surface area (Å²) in [7, 11) is 0. The Labute approximate surface area is 303 Å². The normalized spacial score (nSPS) is 12.5. The highest BCUT2D eigenvalue weighted by Crippen LogP contribution is 2.50. The molecule has 9 aromatic carbocycles. The molecule has 0 amide bonds. The summed E-state index contributed by atoms with van der Waals surface area (Å²) >= 11 is 0. The van der Waals surface area contributed by atoms with E-state index in [1.165, 1.54) is 81.9 Å². The van der Waals surface area contributed by atoms with E-state index in [0.717, 1.165) is 38.8 Å². The topological polar surface area (TPSA) is 23.0 Å². The maximum atomic E-state index is 6.51. The molecule has 0 spiro atoms. The second-order valence-corrected chi connectivity index (χ2v) is 14.4. The van der Waals surface area contributed by atoms with E-state index in [-0.39, 0.29) is 0 Å². The summed E-state index contributed by atoms with van der Waals surface area (Å²) in [5.74, 6) is 0. The summed E-state index contributed by atoms with van der Waals surface area (Å²) < 4.78 is 11.5. The number of fused-ring (bicyclic) bond motifs is 15. The van der Waals surface area contributed by atoms with E-state index in [1.807, 2.05) is 0 Å². The van der Waals surface area contributed by atoms with Crippen molar-refractivity contribution < 1.29 is 4.42 Å². The molecule has 0 saturated carbocycles. The van der Waals surface area contributed by atoms with E-state index < -0.39 is 0 Å². The molecule has 0 bridgehead atoms. The van der Waals surface area contributed by atoms with Crippen molar-refractivity contribution >= 4 is 87.1 Å². The van der Waals surface area contributed by atoms with Gasteiger partial charge in [0.1, 0.15) is 11.2 Å². The molecule has 3 heteroatoms. The molecule has 1 aliphatic rings. The van der Waals surface area contributed by atoms with Crippen molar-refractivity contribution in [2.24, 2.45) is 0 Å². The summed E-state index contributed by atoms with van der Waals surface area (Å²) in [6.07, 6.45) is 0. The zero-order chi connectivity index (χ0) is 34.4. The van der Waals surface area contributed by atoms with Crippen LogP contribution >= 0.6 is 0 Å². The predicted octanol–water partition coefficient (Wildman–Crippen LogP) is 13.7. The third-order valence-electron chi connectivity index (χ3n) is 11.8. The molecule has 53 heavy (non-hydrogen) atoms. The van der Waals surface area contributed by atoms with E-state index in [0.29, 0.717) is 0 Å². The first kappa shape index (κ1) is 27.6. The largest absolute Gasteiger partial charge is 0.456 e. The summed E-state index contributed by atoms with van der Waals surface area (Å²) in [5, 5.41) is 12.3. The van der Waals surface area contributed by atoms with Crippen LogP contribution in [0.4, 0.5) is 0 Å². The highest BCUT2D eigenvalue weighted by Gasteiger charge is 2.26. The van der Waals surface area contributed by atoms with Crippen LogP contribution in [0, 0.1) is 0 Å². The van der Waals surface area contributed by atoms with Gasteiger partial charge in [-0.05, 0) is 92.3 Å². The molecule has 3 heterocycles. The molecule has 0 radical (unpaired) electrons. The average molecular weight is 673 g/mol. The number of benzene rings is 9. The second-order valence-electron chi connectivity index (χ2n) is 14.4. The SMILES string of the molecule is c1ccc2cc(-n3c4ccccc4c4ccc5c6c7c(ccc6n(-c6ccc8c(c6)-c6cccc9cccc-8c69)c5c43)oc3ccccc37)ccc2c1. The van der Waals surface area contributed by atoms with Crippen molar-refractivity contribution in [2.45, 2.75) is 0 Å². The molecule has 1 aliphatic carbocycles. The minimum atomic E-state index is 0.906. The van der Waals surface area contributed by atoms with Gasteiger partial charge in [0.25, 0.3) is 0 Å². The zero-order valence-electron chi connectivity index (χ0n) is 28.5. The smallest absolute Gasteiger partial charge is 0.136 e. The lowest BCUT2D eigenvalue weighted by molar-refractivity contribution is 0.669. The van der Waals surface area contributed by atoms with E-state index >= 15 is 0 Å². The van der Waals surface area contributed by atoms with Crippen molar-refractivity contribution in [3.8, 4) is 33.6 Å². The summed E-state index contributed by atoms with van der Waals surface area (Å²) in [6.45, 7) is 0. The minimum Gasteiger partial charge on any atom is -0.456 e. The van der Waals surface area contributed by atoms with Gasteiger partial charge in [0.2, 0.25) is 0 Å². The first-order valence-electron chi connectivity index (χ1n) is 18.3. The van der Waals surface area contributed by atoms with Crippen molar-refractivity contribution in [1.82, 2.24) is 9.13 Å². The molecule has 0 fully saturated rings. The first-order valence-corrected chi connectivity index (χ1v) is 18.3. The van der Waals surface area contributed by atoms with Crippen LogP contribution in [-0.4, -0.2) is 9.13 Å². The molecular formula is C50H28N2O. The standard InChI is InChI=1S/C50H28N2O/c1-2-10-31-27-32(20-19-29(31)9-1)51-42-17-5-3-13-35(42)38-23-24-40-47-43(25-26-45-48(47)39-14-4-6-18-44(39)53-45)52(50(40)49(38)51)33-21-22-34-36-15-7-11-30-12-8-16-37(46(30)36)41(34)28-33/h1-28H. The third-order valence-corrected chi connectivity index (χ3v) is 11.8. The van der Waals surface area contributed by atoms with Crippen molar-refractivity contribution in [3.63, 3.8) is 0 Å². The van der Waals surface area contributed by atoms with Crippen molar-refractivity contribution in [3.05, 3.63) is 170 Å². The van der Waals surface area contributed by atoms with E-state index in [1.54, 1.807) is 0 Å². The van der Waals surface area contributed by atoms with Gasteiger partial charge in [0.05, 0.1) is 22.1 Å². The molecule has 244 valence electrons. The monoisotopic (exact) mass is 672 g/mol. The molecule has 3 nitrogen and oxygen atoms in total. The van der Waals surface area contributed by atoms with Crippen LogP contribution in [0.1, 0.15) is 0 Å². The highest BCUT2D eigenvalue weighted by atomic mass is 16.3. The summed E-state index contributed by atoms with van der Waals surface area (Å²) in [5.41, 5.74) is 14.0. The molecular weight excluding hydrogens is 645 g/mol. The zero-order valence-corrected chi connectivity index (χ0v) is 28.5. The lowest BCUT2D eigenvalue weighted by Gasteiger charge is -2.14. The Bertz CT molecular complexity index is 3570. The van der Waals surface area contributed by atoms with Gasteiger partial charge < -0.3 is 13.6 Å². The number of furan rings is 1. The summed E-state index contributed by atoms with van der Waals surface area (Å²) in [6, 6.07) is 62.3. The van der Waals surface area contributed by atoms with Crippen LogP contribution in [0.15, 0.2) is 174 Å². The number of aromatic nitrogens is 2. The quantitative estimate of drug-likeness (QED) is 0.179. The van der Waals surface area contributed by atoms with Crippen molar-refractivity contribution in [1.29, 1.82) is 0 Å². The van der Waals surface area contributed by atoms with E-state index in [2.05, 4.69) is 179 Å². The van der Waals surface area contributed by atoms with E-state index in [4.69, 9.17) is 4.42 Å². The Morgan fingerprint density at radius 3 is 1.91 bits per heavy atom. The van der Waals surface area contributed by atoms with Gasteiger partial charge in [-0.15, -0.1) is 0 Å². The van der Waals surface area contributed by atoms with Crippen LogP contribution in [0.2, 0.25) is 0 Å². The highest BCUT2D eigenvalue weighted by molar-refractivity contribution is 6.32. The Balaban J connectivity index is 1.24. The minimum absolute atomic E-state index is 0.906. The first-order chi connectivity index (χ1) is 26.3. The van der Waals surface area contributed by atoms with Gasteiger partial charge in [0.15, 0.2) is 0 Å². The van der Waals surface area contributed by atoms with Crippen LogP contribution in [0.3, 0.4) is 0 Å². The number of hydrogen-bond donors (Lipinski definition) is 0. The average Bonchev–Trinajstić information content (AvgIpc) is 3.95. The number of nitrogens with zero attached hydrogens (tertiary/aromatic N) is 2. The molecule has 0 saturated heterocycles. The Kier molecular flexibility index (Phi) is 5.11. The van der Waals surface area contributed by atoms with Crippen LogP contribution in [-0.2, 0) is 0 Å². The van der Waals surface area contributed by atoms with Crippen LogP contribution in [0.5, 0.6) is 0 Å². The Morgan fingerprint density at radius 2 is 1.00 bits per heavy atom. The predicted molar refractivity (Wildman–Crippen MR) is 222 cm³/mol.